The zero-order chi connectivity index (χ0) is 26.3. The van der Waals surface area contributed by atoms with Crippen molar-refractivity contribution in [1.29, 1.82) is 0 Å². The summed E-state index contributed by atoms with van der Waals surface area (Å²) >= 11 is 1.30. The van der Waals surface area contributed by atoms with Gasteiger partial charge in [0.25, 0.3) is 5.91 Å². The normalized spacial score (nSPS) is 12.2. The SMILES string of the molecule is COc1ccccc1-n1c(CNC(=O)COc2ccccc2)nnc1SCC(=O)N1CCc2ccccc21. The van der Waals surface area contributed by atoms with Gasteiger partial charge in [-0.05, 0) is 42.3 Å². The van der Waals surface area contributed by atoms with E-state index in [0.717, 1.165) is 12.1 Å². The molecule has 4 aromatic rings. The van der Waals surface area contributed by atoms with E-state index in [2.05, 4.69) is 21.6 Å². The van der Waals surface area contributed by atoms with Crippen molar-refractivity contribution in [3.63, 3.8) is 0 Å². The molecule has 3 aromatic carbocycles. The zero-order valence-electron chi connectivity index (χ0n) is 20.9. The van der Waals surface area contributed by atoms with E-state index < -0.39 is 0 Å². The average molecular weight is 530 g/mol. The standard InChI is InChI=1S/C28H27N5O4S/c1-36-24-14-8-7-13-23(24)33-25(17-29-26(34)18-37-21-10-3-2-4-11-21)30-31-28(33)38-19-27(35)32-16-15-20-9-5-6-12-22(20)32/h2-14H,15-19H2,1H3,(H,29,34). The topological polar surface area (TPSA) is 98.6 Å². The van der Waals surface area contributed by atoms with E-state index in [9.17, 15) is 9.59 Å². The summed E-state index contributed by atoms with van der Waals surface area (Å²) in [5.74, 6) is 1.64. The molecule has 0 bridgehead atoms. The molecule has 0 spiro atoms. The number of aromatic nitrogens is 3. The quantitative estimate of drug-likeness (QED) is 0.313. The van der Waals surface area contributed by atoms with Crippen molar-refractivity contribution in [2.45, 2.75) is 18.1 Å². The van der Waals surface area contributed by atoms with Gasteiger partial charge in [-0.25, -0.2) is 0 Å². The molecule has 2 amide bonds. The molecule has 5 rings (SSSR count). The molecule has 0 radical (unpaired) electrons. The number of fused-ring (bicyclic) bond motifs is 1. The van der Waals surface area contributed by atoms with Crippen molar-refractivity contribution in [3.05, 3.63) is 90.3 Å². The van der Waals surface area contributed by atoms with Crippen LogP contribution in [0.25, 0.3) is 5.69 Å². The van der Waals surface area contributed by atoms with Crippen LogP contribution in [-0.2, 0) is 22.6 Å². The highest BCUT2D eigenvalue weighted by Crippen LogP contribution is 2.31. The van der Waals surface area contributed by atoms with E-state index in [-0.39, 0.29) is 30.7 Å². The molecule has 0 unspecified atom stereocenters. The van der Waals surface area contributed by atoms with Crippen molar-refractivity contribution in [3.8, 4) is 17.2 Å². The molecule has 1 aromatic heterocycles. The Hall–Kier alpha value is -4.31. The fourth-order valence-electron chi connectivity index (χ4n) is 4.26. The number of amides is 2. The molecule has 0 saturated heterocycles. The van der Waals surface area contributed by atoms with Crippen LogP contribution in [0.1, 0.15) is 11.4 Å². The molecule has 0 saturated carbocycles. The third-order valence-electron chi connectivity index (χ3n) is 6.10. The average Bonchev–Trinajstić information content (AvgIpc) is 3.58. The Morgan fingerprint density at radius 3 is 2.50 bits per heavy atom. The van der Waals surface area contributed by atoms with Crippen LogP contribution >= 0.6 is 11.8 Å². The molecule has 10 heteroatoms. The van der Waals surface area contributed by atoms with Gasteiger partial charge in [0.1, 0.15) is 11.5 Å². The first-order valence-corrected chi connectivity index (χ1v) is 13.2. The van der Waals surface area contributed by atoms with Crippen molar-refractivity contribution >= 4 is 29.3 Å². The number of hydrogen-bond donors (Lipinski definition) is 1. The molecule has 0 atom stereocenters. The van der Waals surface area contributed by atoms with Crippen LogP contribution in [0, 0.1) is 0 Å². The highest BCUT2D eigenvalue weighted by Gasteiger charge is 2.25. The number of nitrogens with one attached hydrogen (secondary N) is 1. The van der Waals surface area contributed by atoms with Gasteiger partial charge < -0.3 is 19.7 Å². The Bertz CT molecular complexity index is 1430. The van der Waals surface area contributed by atoms with Crippen LogP contribution in [0.15, 0.2) is 84.0 Å². The fourth-order valence-corrected chi connectivity index (χ4v) is 5.10. The van der Waals surface area contributed by atoms with E-state index >= 15 is 0 Å². The van der Waals surface area contributed by atoms with Gasteiger partial charge >= 0.3 is 0 Å². The van der Waals surface area contributed by atoms with E-state index in [0.29, 0.717) is 34.7 Å². The number of methoxy groups -OCH3 is 1. The second-order valence-electron chi connectivity index (χ2n) is 8.50. The lowest BCUT2D eigenvalue weighted by molar-refractivity contribution is -0.123. The minimum atomic E-state index is -0.291. The van der Waals surface area contributed by atoms with Crippen LogP contribution in [0.4, 0.5) is 5.69 Å². The highest BCUT2D eigenvalue weighted by atomic mass is 32.2. The van der Waals surface area contributed by atoms with Crippen LogP contribution in [-0.4, -0.2) is 52.6 Å². The first-order chi connectivity index (χ1) is 18.6. The Kier molecular flexibility index (Phi) is 7.89. The lowest BCUT2D eigenvalue weighted by atomic mass is 10.2. The predicted molar refractivity (Wildman–Crippen MR) is 145 cm³/mol. The first kappa shape index (κ1) is 25.3. The lowest BCUT2D eigenvalue weighted by Crippen LogP contribution is -2.30. The summed E-state index contributed by atoms with van der Waals surface area (Å²) in [5, 5.41) is 12.0. The molecule has 1 aliphatic rings. The Morgan fingerprint density at radius 1 is 0.947 bits per heavy atom. The maximum atomic E-state index is 13.1. The number of thioether (sulfide) groups is 1. The third-order valence-corrected chi connectivity index (χ3v) is 7.01. The molecule has 1 aliphatic heterocycles. The number of benzene rings is 3. The summed E-state index contributed by atoms with van der Waals surface area (Å²) in [6, 6.07) is 24.6. The molecular formula is C28H27N5O4S. The predicted octanol–water partition coefficient (Wildman–Crippen LogP) is 3.65. The number of hydrogen-bond acceptors (Lipinski definition) is 7. The molecule has 1 N–H and O–H groups in total. The van der Waals surface area contributed by atoms with E-state index in [1.165, 1.54) is 17.3 Å². The third kappa shape index (κ3) is 5.65. The smallest absolute Gasteiger partial charge is 0.258 e. The van der Waals surface area contributed by atoms with Crippen molar-refractivity contribution in [2.24, 2.45) is 0 Å². The van der Waals surface area contributed by atoms with Gasteiger partial charge in [-0.2, -0.15) is 0 Å². The summed E-state index contributed by atoms with van der Waals surface area (Å²) in [4.78, 5) is 27.4. The number of nitrogens with zero attached hydrogens (tertiary/aromatic N) is 4. The highest BCUT2D eigenvalue weighted by molar-refractivity contribution is 7.99. The van der Waals surface area contributed by atoms with E-state index in [4.69, 9.17) is 9.47 Å². The summed E-state index contributed by atoms with van der Waals surface area (Å²) in [7, 11) is 1.59. The van der Waals surface area contributed by atoms with Gasteiger partial charge in [0.15, 0.2) is 17.6 Å². The minimum absolute atomic E-state index is 0.00226. The van der Waals surface area contributed by atoms with Crippen LogP contribution in [0.5, 0.6) is 11.5 Å². The van der Waals surface area contributed by atoms with Crippen molar-refractivity contribution < 1.29 is 19.1 Å². The second-order valence-corrected chi connectivity index (χ2v) is 9.44. The van der Waals surface area contributed by atoms with Gasteiger partial charge in [-0.15, -0.1) is 10.2 Å². The summed E-state index contributed by atoms with van der Waals surface area (Å²) in [6.45, 7) is 0.663. The molecular weight excluding hydrogens is 502 g/mol. The van der Waals surface area contributed by atoms with Crippen LogP contribution in [0.3, 0.4) is 0 Å². The van der Waals surface area contributed by atoms with Crippen molar-refractivity contribution in [1.82, 2.24) is 20.1 Å². The van der Waals surface area contributed by atoms with Gasteiger partial charge in [0, 0.05) is 12.2 Å². The molecule has 0 fully saturated rings. The second kappa shape index (κ2) is 11.8. The van der Waals surface area contributed by atoms with Gasteiger partial charge in [0.05, 0.1) is 25.1 Å². The van der Waals surface area contributed by atoms with Crippen LogP contribution in [0.2, 0.25) is 0 Å². The number of anilines is 1. The largest absolute Gasteiger partial charge is 0.495 e. The van der Waals surface area contributed by atoms with E-state index in [1.54, 1.807) is 19.2 Å². The lowest BCUT2D eigenvalue weighted by Gasteiger charge is -2.17. The van der Waals surface area contributed by atoms with Gasteiger partial charge in [-0.3, -0.25) is 14.2 Å². The van der Waals surface area contributed by atoms with Gasteiger partial charge in [-0.1, -0.05) is 60.3 Å². The van der Waals surface area contributed by atoms with E-state index in [1.807, 2.05) is 70.1 Å². The molecule has 2 heterocycles. The minimum Gasteiger partial charge on any atom is -0.495 e. The summed E-state index contributed by atoms with van der Waals surface area (Å²) in [5.41, 5.74) is 2.86. The van der Waals surface area contributed by atoms with Crippen molar-refractivity contribution in [2.75, 3.05) is 30.9 Å². The van der Waals surface area contributed by atoms with Crippen LogP contribution < -0.4 is 19.7 Å². The molecule has 9 nitrogen and oxygen atoms in total. The molecule has 38 heavy (non-hydrogen) atoms. The number of rotatable bonds is 10. The number of ether oxygens (including phenoxy) is 2. The first-order valence-electron chi connectivity index (χ1n) is 12.2. The maximum Gasteiger partial charge on any atom is 0.258 e. The maximum absolute atomic E-state index is 13.1. The summed E-state index contributed by atoms with van der Waals surface area (Å²) < 4.78 is 12.9. The Morgan fingerprint density at radius 2 is 1.68 bits per heavy atom. The zero-order valence-corrected chi connectivity index (χ0v) is 21.7. The monoisotopic (exact) mass is 529 g/mol. The number of para-hydroxylation sites is 4. The molecule has 194 valence electrons. The fraction of sp³-hybridized carbons (Fsp3) is 0.214. The number of carbonyl (C=O) groups is 2. The van der Waals surface area contributed by atoms with Gasteiger partial charge in [0.2, 0.25) is 5.91 Å². The molecule has 0 aliphatic carbocycles. The summed E-state index contributed by atoms with van der Waals surface area (Å²) in [6.07, 6.45) is 0.849. The Labute approximate surface area is 224 Å². The number of carbonyl (C=O) groups excluding carboxylic acids is 2. The Balaban J connectivity index is 1.31.